The predicted molar refractivity (Wildman–Crippen MR) is 323 cm³/mol. The molecule has 0 saturated heterocycles. The summed E-state index contributed by atoms with van der Waals surface area (Å²) in [5.74, 6) is -2.00. The van der Waals surface area contributed by atoms with E-state index >= 15 is 0 Å². The average Bonchev–Trinajstić information content (AvgIpc) is 3.39. The van der Waals surface area contributed by atoms with Crippen molar-refractivity contribution < 1.29 is 42.9 Å². The van der Waals surface area contributed by atoms with E-state index in [1.165, 1.54) is 218 Å². The van der Waals surface area contributed by atoms with E-state index in [0.29, 0.717) is 17.4 Å². The van der Waals surface area contributed by atoms with Crippen LogP contribution in [0.4, 0.5) is 0 Å². The van der Waals surface area contributed by atoms with E-state index in [4.69, 9.17) is 18.9 Å². The van der Waals surface area contributed by atoms with Crippen LogP contribution in [0, 0.1) is 0 Å². The number of esters is 2. The van der Waals surface area contributed by atoms with Crippen LogP contribution in [0.25, 0.3) is 0 Å². The fourth-order valence-electron chi connectivity index (χ4n) is 9.58. The summed E-state index contributed by atoms with van der Waals surface area (Å²) in [7, 11) is 5.97. The molecule has 0 fully saturated rings. The fourth-order valence-corrected chi connectivity index (χ4v) is 9.58. The molecule has 2 atom stereocenters. The molecule has 76 heavy (non-hydrogen) atoms. The van der Waals surface area contributed by atoms with E-state index in [0.717, 1.165) is 70.6 Å². The molecule has 0 heterocycles. The Hall–Kier alpha value is -2.49. The number of allylic oxidation sites excluding steroid dienone is 6. The second kappa shape index (κ2) is 58.7. The number of carbonyl (C=O) groups excluding carboxylic acids is 2. The maximum absolute atomic E-state index is 12.9. The highest BCUT2D eigenvalue weighted by Crippen LogP contribution is 2.18. The molecule has 2 unspecified atom stereocenters. The summed E-state index contributed by atoms with van der Waals surface area (Å²) in [4.78, 5) is 37.3. The van der Waals surface area contributed by atoms with Crippen molar-refractivity contribution in [2.45, 2.75) is 328 Å². The van der Waals surface area contributed by atoms with Gasteiger partial charge in [0.2, 0.25) is 0 Å². The summed E-state index contributed by atoms with van der Waals surface area (Å²) in [6.07, 6.45) is 70.1. The Morgan fingerprint density at radius 1 is 0.395 bits per heavy atom. The Bertz CT molecular complexity index is 1340. The summed E-state index contributed by atoms with van der Waals surface area (Å²) in [5, 5.41) is 9.68. The third kappa shape index (κ3) is 59.2. The lowest BCUT2D eigenvalue weighted by Gasteiger charge is -2.25. The van der Waals surface area contributed by atoms with Gasteiger partial charge in [0.05, 0.1) is 34.4 Å². The summed E-state index contributed by atoms with van der Waals surface area (Å²) >= 11 is 0. The topological polar surface area (TPSA) is 108 Å². The quantitative estimate of drug-likeness (QED) is 0.0211. The Morgan fingerprint density at radius 3 is 1.11 bits per heavy atom. The smallest absolute Gasteiger partial charge is 0.361 e. The number of likely N-dealkylation sites (N-methyl/N-ethyl adjacent to an activating group) is 1. The van der Waals surface area contributed by atoms with Crippen LogP contribution < -0.4 is 0 Å². The highest BCUT2D eigenvalue weighted by molar-refractivity contribution is 5.71. The van der Waals surface area contributed by atoms with Crippen LogP contribution in [0.1, 0.15) is 316 Å². The van der Waals surface area contributed by atoms with E-state index in [1.807, 2.05) is 21.1 Å². The minimum atomic E-state index is -1.51. The first-order chi connectivity index (χ1) is 37.1. The third-order valence-corrected chi connectivity index (χ3v) is 14.6. The molecule has 446 valence electrons. The van der Waals surface area contributed by atoms with Gasteiger partial charge in [-0.2, -0.15) is 0 Å². The van der Waals surface area contributed by atoms with Crippen molar-refractivity contribution in [1.29, 1.82) is 0 Å². The zero-order valence-corrected chi connectivity index (χ0v) is 50.9. The number of carboxylic acids is 1. The van der Waals surface area contributed by atoms with Crippen LogP contribution in [-0.2, 0) is 33.3 Å². The van der Waals surface area contributed by atoms with Crippen molar-refractivity contribution in [2.75, 3.05) is 47.5 Å². The van der Waals surface area contributed by atoms with Gasteiger partial charge in [0, 0.05) is 12.8 Å². The minimum Gasteiger partial charge on any atom is -0.477 e. The number of hydrogen-bond donors (Lipinski definition) is 1. The lowest BCUT2D eigenvalue weighted by molar-refractivity contribution is -0.870. The number of quaternary nitrogens is 1. The highest BCUT2D eigenvalue weighted by Gasteiger charge is 2.25. The molecular formula is C67H126NO8+. The van der Waals surface area contributed by atoms with Crippen LogP contribution in [0.5, 0.6) is 0 Å². The predicted octanol–water partition coefficient (Wildman–Crippen LogP) is 19.6. The van der Waals surface area contributed by atoms with E-state index in [9.17, 15) is 19.5 Å². The number of carboxylic acid groups (broad SMARTS) is 1. The van der Waals surface area contributed by atoms with Gasteiger partial charge in [-0.05, 0) is 64.2 Å². The molecule has 0 aliphatic heterocycles. The molecule has 9 nitrogen and oxygen atoms in total. The van der Waals surface area contributed by atoms with Gasteiger partial charge in [0.25, 0.3) is 6.29 Å². The number of carbonyl (C=O) groups is 3. The van der Waals surface area contributed by atoms with Gasteiger partial charge in [-0.15, -0.1) is 0 Å². The molecule has 0 aromatic rings. The zero-order valence-electron chi connectivity index (χ0n) is 50.9. The normalized spacial score (nSPS) is 12.9. The zero-order chi connectivity index (χ0) is 55.5. The summed E-state index contributed by atoms with van der Waals surface area (Å²) in [6.45, 7) is 4.82. The molecule has 0 amide bonds. The first-order valence-electron chi connectivity index (χ1n) is 32.7. The van der Waals surface area contributed by atoms with E-state index in [2.05, 4.69) is 50.3 Å². The molecule has 0 aliphatic carbocycles. The van der Waals surface area contributed by atoms with Gasteiger partial charge in [-0.25, -0.2) is 4.79 Å². The van der Waals surface area contributed by atoms with E-state index in [1.54, 1.807) is 0 Å². The van der Waals surface area contributed by atoms with Gasteiger partial charge in [-0.1, -0.05) is 275 Å². The van der Waals surface area contributed by atoms with Crippen molar-refractivity contribution in [3.8, 4) is 0 Å². The van der Waals surface area contributed by atoms with Gasteiger partial charge < -0.3 is 28.5 Å². The minimum absolute atomic E-state index is 0.182. The van der Waals surface area contributed by atoms with Crippen molar-refractivity contribution in [3.63, 3.8) is 0 Å². The van der Waals surface area contributed by atoms with Gasteiger partial charge in [0.1, 0.15) is 13.2 Å². The van der Waals surface area contributed by atoms with Crippen molar-refractivity contribution in [3.05, 3.63) is 36.5 Å². The Kier molecular flexibility index (Phi) is 56.7. The fraction of sp³-hybridized carbons (Fsp3) is 0.866. The van der Waals surface area contributed by atoms with E-state index in [-0.39, 0.29) is 32.2 Å². The Labute approximate surface area is 470 Å². The average molecular weight is 1070 g/mol. The van der Waals surface area contributed by atoms with Crippen molar-refractivity contribution in [1.82, 2.24) is 0 Å². The molecule has 0 saturated carbocycles. The maximum atomic E-state index is 12.9. The van der Waals surface area contributed by atoms with Crippen LogP contribution >= 0.6 is 0 Å². The van der Waals surface area contributed by atoms with Gasteiger partial charge >= 0.3 is 17.9 Å². The summed E-state index contributed by atoms with van der Waals surface area (Å²) < 4.78 is 22.8. The molecular weight excluding hydrogens is 947 g/mol. The molecule has 1 N–H and O–H groups in total. The lowest BCUT2D eigenvalue weighted by Crippen LogP contribution is -2.40. The number of nitrogens with zero attached hydrogens (tertiary/aromatic N) is 1. The van der Waals surface area contributed by atoms with Crippen LogP contribution in [0.2, 0.25) is 0 Å². The molecule has 0 rings (SSSR count). The molecule has 0 aromatic carbocycles. The largest absolute Gasteiger partial charge is 0.477 e. The maximum Gasteiger partial charge on any atom is 0.361 e. The number of rotatable bonds is 61. The Balaban J connectivity index is 3.83. The molecule has 0 bridgehead atoms. The number of hydrogen-bond acceptors (Lipinski definition) is 7. The second-order valence-electron chi connectivity index (χ2n) is 23.4. The molecule has 0 aromatic heterocycles. The van der Waals surface area contributed by atoms with Crippen molar-refractivity contribution >= 4 is 17.9 Å². The lowest BCUT2D eigenvalue weighted by atomic mass is 10.0. The first-order valence-corrected chi connectivity index (χ1v) is 32.7. The highest BCUT2D eigenvalue weighted by atomic mass is 16.7. The van der Waals surface area contributed by atoms with Crippen LogP contribution in [-0.4, -0.2) is 87.4 Å². The monoisotopic (exact) mass is 1070 g/mol. The van der Waals surface area contributed by atoms with Crippen LogP contribution in [0.3, 0.4) is 0 Å². The van der Waals surface area contributed by atoms with Gasteiger partial charge in [0.15, 0.2) is 6.10 Å². The molecule has 0 aliphatic rings. The number of ether oxygens (including phenoxy) is 4. The molecule has 0 radical (unpaired) electrons. The van der Waals surface area contributed by atoms with Crippen LogP contribution in [0.15, 0.2) is 36.5 Å². The SMILES string of the molecule is CCC/C=C\CCCCCCCC(=O)OCC(COC(OCC[N+](C)(C)C)C(=O)O)OC(=O)CCCCCCCCCCCCCCCCCCCCCCCCCCCCCCC/C=C\C/C=C\CCCCCCC. The molecule has 0 spiro atoms. The standard InChI is InChI=1S/C67H125NO8/c1-6-8-10-12-14-16-18-19-20-21-22-23-24-25-26-27-28-29-30-31-32-33-34-35-36-37-38-39-40-41-42-43-44-45-46-47-48-50-52-54-56-58-65(70)76-63(62-75-67(66(71)72)73-60-59-68(3,4)5)61-74-64(69)57-55-53-51-49-17-15-13-11-9-7-2/h11,13,18-19,21-22,63,67H,6-10,12,14-17,20,23-62H2,1-5H3/p+1/b13-11-,19-18-,22-21-. The van der Waals surface area contributed by atoms with Crippen molar-refractivity contribution in [2.24, 2.45) is 0 Å². The number of aliphatic carboxylic acids is 1. The molecule has 9 heteroatoms. The summed E-state index contributed by atoms with van der Waals surface area (Å²) in [5.41, 5.74) is 0. The summed E-state index contributed by atoms with van der Waals surface area (Å²) in [6, 6.07) is 0. The third-order valence-electron chi connectivity index (χ3n) is 14.6. The number of unbranched alkanes of at least 4 members (excludes halogenated alkanes) is 40. The van der Waals surface area contributed by atoms with Gasteiger partial charge in [-0.3, -0.25) is 9.59 Å². The second-order valence-corrected chi connectivity index (χ2v) is 23.4. The first kappa shape index (κ1) is 73.5. The van der Waals surface area contributed by atoms with E-state index < -0.39 is 24.3 Å². The Morgan fingerprint density at radius 2 is 0.737 bits per heavy atom.